The lowest BCUT2D eigenvalue weighted by Gasteiger charge is -2.34. The van der Waals surface area contributed by atoms with Gasteiger partial charge in [-0.25, -0.2) is 0 Å². The van der Waals surface area contributed by atoms with Crippen molar-refractivity contribution >= 4 is 40.5 Å². The van der Waals surface area contributed by atoms with Crippen LogP contribution in [-0.2, 0) is 10.2 Å². The predicted molar refractivity (Wildman–Crippen MR) is 113 cm³/mol. The fourth-order valence-corrected chi connectivity index (χ4v) is 4.84. The molecule has 1 unspecified atom stereocenters. The second-order valence-corrected chi connectivity index (χ2v) is 7.62. The van der Waals surface area contributed by atoms with Crippen LogP contribution in [0.3, 0.4) is 0 Å². The van der Waals surface area contributed by atoms with Crippen molar-refractivity contribution in [3.63, 3.8) is 0 Å². The van der Waals surface area contributed by atoms with E-state index in [9.17, 15) is 24.5 Å². The van der Waals surface area contributed by atoms with Crippen LogP contribution in [0, 0.1) is 10.1 Å². The van der Waals surface area contributed by atoms with Crippen molar-refractivity contribution < 1.29 is 14.5 Å². The van der Waals surface area contributed by atoms with E-state index in [0.29, 0.717) is 16.8 Å². The van der Waals surface area contributed by atoms with Crippen molar-refractivity contribution in [2.45, 2.75) is 5.41 Å². The average Bonchev–Trinajstić information content (AvgIpc) is 3.20. The third kappa shape index (κ3) is 1.94. The first-order valence-corrected chi connectivity index (χ1v) is 9.50. The van der Waals surface area contributed by atoms with Crippen molar-refractivity contribution in [3.05, 3.63) is 90.8 Å². The number of carbonyl (C=O) groups is 2. The molecular formula is C21H12N6O5. The second-order valence-electron chi connectivity index (χ2n) is 7.62. The predicted octanol–water partition coefficient (Wildman–Crippen LogP) is 1.53. The highest BCUT2D eigenvalue weighted by atomic mass is 16.6. The molecule has 0 saturated carbocycles. The number of non-ortho nitro benzene ring substituents is 1. The first-order valence-electron chi connectivity index (χ1n) is 9.50. The third-order valence-electron chi connectivity index (χ3n) is 6.06. The Balaban J connectivity index is 1.80. The maximum absolute atomic E-state index is 13.6. The zero-order valence-electron chi connectivity index (χ0n) is 16.1. The number of nitro benzene ring substituents is 1. The maximum atomic E-state index is 13.6. The molecule has 2 aromatic carbocycles. The molecule has 1 amide bonds. The van der Waals surface area contributed by atoms with Gasteiger partial charge in [0.1, 0.15) is 11.2 Å². The minimum atomic E-state index is -1.94. The molecule has 1 aliphatic carbocycles. The number of H-pyrrole nitrogens is 1. The Bertz CT molecular complexity index is 1540. The first-order chi connectivity index (χ1) is 15.3. The average molecular weight is 428 g/mol. The van der Waals surface area contributed by atoms with E-state index in [4.69, 9.17) is 5.73 Å². The molecule has 3 aromatic rings. The number of aromatic nitrogens is 2. The molecule has 1 atom stereocenters. The zero-order valence-corrected chi connectivity index (χ0v) is 16.1. The third-order valence-corrected chi connectivity index (χ3v) is 6.06. The van der Waals surface area contributed by atoms with Crippen LogP contribution in [-0.4, -0.2) is 26.6 Å². The van der Waals surface area contributed by atoms with Gasteiger partial charge in [-0.1, -0.05) is 24.3 Å². The number of benzene rings is 2. The van der Waals surface area contributed by atoms with Gasteiger partial charge in [-0.2, -0.15) is 4.98 Å². The van der Waals surface area contributed by atoms with Crippen LogP contribution >= 0.6 is 0 Å². The number of nitrogens with one attached hydrogen (secondary N) is 3. The van der Waals surface area contributed by atoms with Crippen molar-refractivity contribution in [2.75, 3.05) is 16.4 Å². The van der Waals surface area contributed by atoms with Crippen molar-refractivity contribution in [2.24, 2.45) is 0 Å². The molecule has 3 aliphatic rings. The maximum Gasteiger partial charge on any atom is 0.269 e. The van der Waals surface area contributed by atoms with Gasteiger partial charge in [0.2, 0.25) is 11.9 Å². The lowest BCUT2D eigenvalue weighted by Crippen LogP contribution is -2.47. The number of amides is 1. The van der Waals surface area contributed by atoms with E-state index >= 15 is 0 Å². The molecule has 156 valence electrons. The summed E-state index contributed by atoms with van der Waals surface area (Å²) < 4.78 is 0. The lowest BCUT2D eigenvalue weighted by atomic mass is 9.67. The van der Waals surface area contributed by atoms with Gasteiger partial charge < -0.3 is 16.4 Å². The lowest BCUT2D eigenvalue weighted by molar-refractivity contribution is -0.384. The summed E-state index contributed by atoms with van der Waals surface area (Å²) in [5, 5.41) is 17.2. The van der Waals surface area contributed by atoms with Crippen LogP contribution in [0.1, 0.15) is 27.0 Å². The number of nitrogens with zero attached hydrogens (tertiary/aromatic N) is 2. The van der Waals surface area contributed by atoms with Crippen LogP contribution in [0.25, 0.3) is 5.70 Å². The largest absolute Gasteiger partial charge is 0.369 e. The van der Waals surface area contributed by atoms with E-state index in [2.05, 4.69) is 20.6 Å². The van der Waals surface area contributed by atoms with E-state index in [1.807, 2.05) is 0 Å². The summed E-state index contributed by atoms with van der Waals surface area (Å²) in [4.78, 5) is 57.8. The fourth-order valence-electron chi connectivity index (χ4n) is 4.84. The summed E-state index contributed by atoms with van der Waals surface area (Å²) in [5.74, 6) is -1.32. The Kier molecular flexibility index (Phi) is 3.19. The summed E-state index contributed by atoms with van der Waals surface area (Å²) >= 11 is 0. The Hall–Kier alpha value is -4.80. The fraction of sp³-hybridized carbons (Fsp3) is 0.0476. The van der Waals surface area contributed by atoms with E-state index in [-0.39, 0.29) is 39.8 Å². The molecule has 5 N–H and O–H groups in total. The summed E-state index contributed by atoms with van der Waals surface area (Å²) in [6, 6.07) is 10.6. The molecule has 0 radical (unpaired) electrons. The minimum Gasteiger partial charge on any atom is -0.369 e. The summed E-state index contributed by atoms with van der Waals surface area (Å²) in [6.07, 6.45) is 0. The molecule has 1 aromatic heterocycles. The van der Waals surface area contributed by atoms with Gasteiger partial charge in [-0.15, -0.1) is 0 Å². The number of aromatic amines is 1. The molecule has 1 spiro atoms. The molecule has 0 bridgehead atoms. The Labute approximate surface area is 178 Å². The molecule has 0 saturated heterocycles. The van der Waals surface area contributed by atoms with E-state index in [1.54, 1.807) is 24.3 Å². The normalized spacial score (nSPS) is 19.8. The number of anilines is 3. The second kappa shape index (κ2) is 5.66. The number of carbonyl (C=O) groups excluding carboxylic acids is 2. The van der Waals surface area contributed by atoms with Gasteiger partial charge in [-0.3, -0.25) is 29.5 Å². The van der Waals surface area contributed by atoms with E-state index in [0.717, 1.165) is 0 Å². The van der Waals surface area contributed by atoms with E-state index in [1.165, 1.54) is 18.2 Å². The highest BCUT2D eigenvalue weighted by Gasteiger charge is 2.61. The number of nitrogens with two attached hydrogens (primary N) is 1. The van der Waals surface area contributed by atoms with Crippen LogP contribution in [0.2, 0.25) is 0 Å². The van der Waals surface area contributed by atoms with Crippen molar-refractivity contribution in [3.8, 4) is 0 Å². The molecule has 6 rings (SSSR count). The molecule has 32 heavy (non-hydrogen) atoms. The molecule has 2 aliphatic heterocycles. The quantitative estimate of drug-likeness (QED) is 0.333. The Morgan fingerprint density at radius 1 is 1.03 bits per heavy atom. The monoisotopic (exact) mass is 428 g/mol. The smallest absolute Gasteiger partial charge is 0.269 e. The van der Waals surface area contributed by atoms with Crippen LogP contribution in [0.15, 0.2) is 52.8 Å². The van der Waals surface area contributed by atoms with Crippen molar-refractivity contribution in [1.82, 2.24) is 9.97 Å². The molecule has 11 heteroatoms. The number of Topliss-reactive ketones (excluding diaryl/α,β-unsaturated/α-hetero) is 1. The topological polar surface area (TPSA) is 173 Å². The highest BCUT2D eigenvalue weighted by molar-refractivity contribution is 6.31. The van der Waals surface area contributed by atoms with Gasteiger partial charge in [-0.05, 0) is 6.07 Å². The number of rotatable bonds is 1. The van der Waals surface area contributed by atoms with Gasteiger partial charge in [0.05, 0.1) is 16.2 Å². The number of fused-ring (bicyclic) bond motifs is 7. The molecule has 0 fully saturated rings. The van der Waals surface area contributed by atoms with Crippen LogP contribution in [0.4, 0.5) is 23.1 Å². The van der Waals surface area contributed by atoms with Gasteiger partial charge in [0.25, 0.3) is 11.2 Å². The van der Waals surface area contributed by atoms with Gasteiger partial charge in [0, 0.05) is 40.1 Å². The zero-order chi connectivity index (χ0) is 22.4. The van der Waals surface area contributed by atoms with Crippen molar-refractivity contribution in [1.29, 1.82) is 0 Å². The van der Waals surface area contributed by atoms with Crippen LogP contribution in [0.5, 0.6) is 0 Å². The first kappa shape index (κ1) is 18.0. The number of nitro groups is 1. The number of hydrogen-bond acceptors (Lipinski definition) is 8. The molecule has 3 heterocycles. The van der Waals surface area contributed by atoms with Gasteiger partial charge >= 0.3 is 0 Å². The van der Waals surface area contributed by atoms with Crippen LogP contribution < -0.4 is 21.9 Å². The van der Waals surface area contributed by atoms with Gasteiger partial charge in [0.15, 0.2) is 5.78 Å². The summed E-state index contributed by atoms with van der Waals surface area (Å²) in [7, 11) is 0. The molecule has 11 nitrogen and oxygen atoms in total. The SMILES string of the molecule is Nc1nc2c(c(=O)[nH]1)C1(C(=O)Nc3ccc([N+](=O)[O-])cc31)C1=C(N2)c2ccccc2C1=O. The highest BCUT2D eigenvalue weighted by Crippen LogP contribution is 2.56. The Morgan fingerprint density at radius 2 is 1.78 bits per heavy atom. The number of hydrogen-bond donors (Lipinski definition) is 4. The van der Waals surface area contributed by atoms with E-state index < -0.39 is 27.6 Å². The summed E-state index contributed by atoms with van der Waals surface area (Å²) in [5.41, 5.74) is 4.22. The Morgan fingerprint density at radius 3 is 2.53 bits per heavy atom. The molecular weight excluding hydrogens is 416 g/mol. The minimum absolute atomic E-state index is 0.00371. The summed E-state index contributed by atoms with van der Waals surface area (Å²) in [6.45, 7) is 0. The number of ketones is 1. The standard InChI is InChI=1S/C21H12N6O5/c22-20-25-17-14(18(29)26-20)21(11-7-8(27(31)32)5-6-12(11)23-19(21)30)13-15(24-17)9-3-1-2-4-10(9)16(13)28/h1-7H,(H,23,30)(H4,22,24,25,26,29). The number of nitrogen functional groups attached to an aromatic ring is 1.